The van der Waals surface area contributed by atoms with Crippen molar-refractivity contribution < 1.29 is 9.59 Å². The summed E-state index contributed by atoms with van der Waals surface area (Å²) < 4.78 is 0. The lowest BCUT2D eigenvalue weighted by Crippen LogP contribution is -2.36. The zero-order valence-electron chi connectivity index (χ0n) is 16.2. The summed E-state index contributed by atoms with van der Waals surface area (Å²) in [7, 11) is 0. The van der Waals surface area contributed by atoms with Crippen LogP contribution < -0.4 is 10.6 Å². The number of carbonyl (C=O) groups excluding carboxylic acids is 2. The SMILES string of the molecule is CC(=O)Nc1cccc(Nc2ccc(C(=O)N3CCc4ccccc4C3)nc2)c1. The molecule has 0 bridgehead atoms. The summed E-state index contributed by atoms with van der Waals surface area (Å²) in [6.07, 6.45) is 2.52. The topological polar surface area (TPSA) is 74.3 Å². The Morgan fingerprint density at radius 2 is 1.72 bits per heavy atom. The number of pyridine rings is 1. The molecule has 6 nitrogen and oxygen atoms in total. The number of nitrogens with one attached hydrogen (secondary N) is 2. The van der Waals surface area contributed by atoms with Gasteiger partial charge < -0.3 is 15.5 Å². The average molecular weight is 386 g/mol. The summed E-state index contributed by atoms with van der Waals surface area (Å²) >= 11 is 0. The minimum atomic E-state index is -0.119. The smallest absolute Gasteiger partial charge is 0.272 e. The molecule has 0 spiro atoms. The van der Waals surface area contributed by atoms with Crippen molar-refractivity contribution in [1.29, 1.82) is 0 Å². The van der Waals surface area contributed by atoms with Gasteiger partial charge in [-0.05, 0) is 47.9 Å². The Morgan fingerprint density at radius 3 is 2.48 bits per heavy atom. The van der Waals surface area contributed by atoms with E-state index in [1.165, 1.54) is 18.1 Å². The number of anilines is 3. The van der Waals surface area contributed by atoms with Gasteiger partial charge in [0.05, 0.1) is 11.9 Å². The number of hydrogen-bond acceptors (Lipinski definition) is 4. The van der Waals surface area contributed by atoms with Crippen molar-refractivity contribution in [2.75, 3.05) is 17.2 Å². The first kappa shape index (κ1) is 18.7. The van der Waals surface area contributed by atoms with Crippen LogP contribution in [-0.2, 0) is 17.8 Å². The number of amides is 2. The van der Waals surface area contributed by atoms with E-state index in [4.69, 9.17) is 0 Å². The van der Waals surface area contributed by atoms with Crippen LogP contribution in [0.1, 0.15) is 28.5 Å². The van der Waals surface area contributed by atoms with Crippen LogP contribution in [0.25, 0.3) is 0 Å². The van der Waals surface area contributed by atoms with Crippen molar-refractivity contribution in [3.8, 4) is 0 Å². The van der Waals surface area contributed by atoms with Gasteiger partial charge in [0.2, 0.25) is 5.91 Å². The van der Waals surface area contributed by atoms with Gasteiger partial charge in [0, 0.05) is 31.4 Å². The first-order valence-corrected chi connectivity index (χ1v) is 9.55. The maximum absolute atomic E-state index is 12.8. The minimum absolute atomic E-state index is 0.0568. The Labute approximate surface area is 169 Å². The molecule has 2 N–H and O–H groups in total. The second-order valence-corrected chi connectivity index (χ2v) is 7.06. The molecule has 6 heteroatoms. The minimum Gasteiger partial charge on any atom is -0.354 e. The number of fused-ring (bicyclic) bond motifs is 1. The van der Waals surface area contributed by atoms with Gasteiger partial charge in [-0.15, -0.1) is 0 Å². The Hall–Kier alpha value is -3.67. The first-order valence-electron chi connectivity index (χ1n) is 9.55. The van der Waals surface area contributed by atoms with Gasteiger partial charge in [0.1, 0.15) is 5.69 Å². The highest BCUT2D eigenvalue weighted by molar-refractivity contribution is 5.93. The zero-order valence-corrected chi connectivity index (χ0v) is 16.2. The predicted octanol–water partition coefficient (Wildman–Crippen LogP) is 3.98. The van der Waals surface area contributed by atoms with Crippen molar-refractivity contribution in [1.82, 2.24) is 9.88 Å². The van der Waals surface area contributed by atoms with Gasteiger partial charge in [-0.2, -0.15) is 0 Å². The molecule has 2 aromatic carbocycles. The summed E-state index contributed by atoms with van der Waals surface area (Å²) in [6, 6.07) is 19.2. The van der Waals surface area contributed by atoms with E-state index in [9.17, 15) is 9.59 Å². The van der Waals surface area contributed by atoms with Gasteiger partial charge in [0.15, 0.2) is 0 Å². The number of nitrogens with zero attached hydrogens (tertiary/aromatic N) is 2. The standard InChI is InChI=1S/C23H22N4O2/c1-16(28)25-19-7-4-8-20(13-19)26-21-9-10-22(24-14-21)23(29)27-12-11-17-5-2-3-6-18(17)15-27/h2-10,13-14,26H,11-12,15H2,1H3,(H,25,28). The quantitative estimate of drug-likeness (QED) is 0.711. The summed E-state index contributed by atoms with van der Waals surface area (Å²) in [5.41, 5.74) is 5.25. The fraction of sp³-hybridized carbons (Fsp3) is 0.174. The molecule has 2 amide bonds. The third-order valence-corrected chi connectivity index (χ3v) is 4.87. The van der Waals surface area contributed by atoms with E-state index in [0.717, 1.165) is 17.8 Å². The van der Waals surface area contributed by atoms with E-state index < -0.39 is 0 Å². The van der Waals surface area contributed by atoms with Crippen LogP contribution in [0.3, 0.4) is 0 Å². The highest BCUT2D eigenvalue weighted by atomic mass is 16.2. The summed E-state index contributed by atoms with van der Waals surface area (Å²) in [5, 5.41) is 5.99. The number of hydrogen-bond donors (Lipinski definition) is 2. The summed E-state index contributed by atoms with van der Waals surface area (Å²) in [5.74, 6) is -0.175. The molecule has 1 aliphatic heterocycles. The van der Waals surface area contributed by atoms with Crippen molar-refractivity contribution >= 4 is 28.9 Å². The molecule has 0 fully saturated rings. The Kier molecular flexibility index (Phi) is 5.24. The molecule has 4 rings (SSSR count). The lowest BCUT2D eigenvalue weighted by molar-refractivity contribution is -0.114. The van der Waals surface area contributed by atoms with E-state index in [1.54, 1.807) is 12.3 Å². The van der Waals surface area contributed by atoms with Gasteiger partial charge in [0.25, 0.3) is 5.91 Å². The molecular weight excluding hydrogens is 364 g/mol. The molecule has 0 unspecified atom stereocenters. The monoisotopic (exact) mass is 386 g/mol. The summed E-state index contributed by atoms with van der Waals surface area (Å²) in [4.78, 5) is 30.2. The molecule has 0 saturated heterocycles. The van der Waals surface area contributed by atoms with Crippen molar-refractivity contribution in [3.63, 3.8) is 0 Å². The number of rotatable bonds is 4. The van der Waals surface area contributed by atoms with Crippen molar-refractivity contribution in [2.45, 2.75) is 19.9 Å². The third-order valence-electron chi connectivity index (χ3n) is 4.87. The molecule has 0 saturated carbocycles. The van der Waals surface area contributed by atoms with Crippen LogP contribution in [0.15, 0.2) is 66.9 Å². The van der Waals surface area contributed by atoms with Crippen LogP contribution >= 0.6 is 0 Å². The molecule has 146 valence electrons. The highest BCUT2D eigenvalue weighted by Gasteiger charge is 2.22. The van der Waals surface area contributed by atoms with Crippen molar-refractivity contribution in [2.24, 2.45) is 0 Å². The average Bonchev–Trinajstić information content (AvgIpc) is 2.73. The van der Waals surface area contributed by atoms with Gasteiger partial charge in [-0.1, -0.05) is 30.3 Å². The second kappa shape index (κ2) is 8.14. The maximum atomic E-state index is 12.8. The molecule has 1 aliphatic rings. The Bertz CT molecular complexity index is 1050. The second-order valence-electron chi connectivity index (χ2n) is 7.06. The molecule has 3 aromatic rings. The summed E-state index contributed by atoms with van der Waals surface area (Å²) in [6.45, 7) is 2.79. The Morgan fingerprint density at radius 1 is 0.931 bits per heavy atom. The number of benzene rings is 2. The molecule has 29 heavy (non-hydrogen) atoms. The van der Waals surface area contributed by atoms with E-state index in [1.807, 2.05) is 47.4 Å². The lowest BCUT2D eigenvalue weighted by Gasteiger charge is -2.28. The van der Waals surface area contributed by atoms with Gasteiger partial charge >= 0.3 is 0 Å². The van der Waals surface area contributed by atoms with Gasteiger partial charge in [-0.3, -0.25) is 9.59 Å². The fourth-order valence-corrected chi connectivity index (χ4v) is 3.47. The molecule has 1 aromatic heterocycles. The fourth-order valence-electron chi connectivity index (χ4n) is 3.47. The van der Waals surface area contributed by atoms with E-state index >= 15 is 0 Å². The van der Waals surface area contributed by atoms with Crippen LogP contribution in [0.4, 0.5) is 17.1 Å². The van der Waals surface area contributed by atoms with Gasteiger partial charge in [-0.25, -0.2) is 4.98 Å². The molecule has 0 radical (unpaired) electrons. The van der Waals surface area contributed by atoms with Crippen LogP contribution in [-0.4, -0.2) is 28.2 Å². The van der Waals surface area contributed by atoms with Crippen LogP contribution in [0, 0.1) is 0 Å². The zero-order chi connectivity index (χ0) is 20.2. The first-order chi connectivity index (χ1) is 14.1. The number of carbonyl (C=O) groups is 2. The molecule has 2 heterocycles. The van der Waals surface area contributed by atoms with E-state index in [0.29, 0.717) is 24.5 Å². The largest absolute Gasteiger partial charge is 0.354 e. The normalized spacial score (nSPS) is 12.8. The highest BCUT2D eigenvalue weighted by Crippen LogP contribution is 2.22. The van der Waals surface area contributed by atoms with Crippen LogP contribution in [0.2, 0.25) is 0 Å². The third kappa shape index (κ3) is 4.43. The molecular formula is C23H22N4O2. The van der Waals surface area contributed by atoms with Crippen LogP contribution in [0.5, 0.6) is 0 Å². The lowest BCUT2D eigenvalue weighted by atomic mass is 10.00. The maximum Gasteiger partial charge on any atom is 0.272 e. The number of aromatic nitrogens is 1. The van der Waals surface area contributed by atoms with E-state index in [2.05, 4.69) is 27.8 Å². The molecule has 0 aliphatic carbocycles. The van der Waals surface area contributed by atoms with E-state index in [-0.39, 0.29) is 11.8 Å². The molecule has 0 atom stereocenters. The Balaban J connectivity index is 1.43. The van der Waals surface area contributed by atoms with Crippen molar-refractivity contribution in [3.05, 3.63) is 83.7 Å². The predicted molar refractivity (Wildman–Crippen MR) is 113 cm³/mol.